The fraction of sp³-hybridized carbons (Fsp3) is 0.125. The van der Waals surface area contributed by atoms with Crippen LogP contribution in [0.5, 0.6) is 11.6 Å². The molecule has 0 saturated heterocycles. The molecule has 0 unspecified atom stereocenters. The van der Waals surface area contributed by atoms with Crippen molar-refractivity contribution in [3.63, 3.8) is 0 Å². The summed E-state index contributed by atoms with van der Waals surface area (Å²) in [6.07, 6.45) is 2.69. The van der Waals surface area contributed by atoms with E-state index in [1.807, 2.05) is 38.1 Å². The zero-order valence-electron chi connectivity index (χ0n) is 17.9. The fourth-order valence-electron chi connectivity index (χ4n) is 3.22. The van der Waals surface area contributed by atoms with Crippen LogP contribution in [0, 0.1) is 5.82 Å². The van der Waals surface area contributed by atoms with E-state index in [2.05, 4.69) is 19.7 Å². The molecule has 0 radical (unpaired) electrons. The van der Waals surface area contributed by atoms with E-state index in [4.69, 9.17) is 4.74 Å². The van der Waals surface area contributed by atoms with Gasteiger partial charge in [-0.1, -0.05) is 50.2 Å². The second kappa shape index (κ2) is 9.33. The summed E-state index contributed by atoms with van der Waals surface area (Å²) in [7, 11) is -4.00. The molecule has 0 aliphatic rings. The number of ether oxygens (including phenoxy) is 1. The molecule has 0 fully saturated rings. The smallest absolute Gasteiger partial charge is 0.265 e. The molecule has 0 aliphatic heterocycles. The SMILES string of the molecule is CC(C)c1ccccc1-c1cc(Oc2ccccc2F)nc(NS(=O)(=O)c2cccnc2)n1. The van der Waals surface area contributed by atoms with Crippen LogP contribution in [0.4, 0.5) is 10.3 Å². The van der Waals surface area contributed by atoms with Crippen LogP contribution in [-0.2, 0) is 10.0 Å². The van der Waals surface area contributed by atoms with E-state index in [9.17, 15) is 12.8 Å². The van der Waals surface area contributed by atoms with Crippen LogP contribution in [0.3, 0.4) is 0 Å². The van der Waals surface area contributed by atoms with Crippen LogP contribution < -0.4 is 9.46 Å². The molecule has 2 aromatic carbocycles. The average molecular weight is 465 g/mol. The van der Waals surface area contributed by atoms with Crippen molar-refractivity contribution >= 4 is 16.0 Å². The number of pyridine rings is 1. The molecule has 4 rings (SSSR count). The van der Waals surface area contributed by atoms with Crippen molar-refractivity contribution in [2.75, 3.05) is 4.72 Å². The van der Waals surface area contributed by atoms with Crippen LogP contribution in [-0.4, -0.2) is 23.4 Å². The topological polar surface area (TPSA) is 94.1 Å². The molecule has 9 heteroatoms. The fourth-order valence-corrected chi connectivity index (χ4v) is 4.13. The second-order valence-corrected chi connectivity index (χ2v) is 9.17. The average Bonchev–Trinajstić information content (AvgIpc) is 2.81. The van der Waals surface area contributed by atoms with Crippen molar-refractivity contribution < 1.29 is 17.5 Å². The Morgan fingerprint density at radius 2 is 1.73 bits per heavy atom. The lowest BCUT2D eigenvalue weighted by Gasteiger charge is -2.15. The number of nitrogens with zero attached hydrogens (tertiary/aromatic N) is 3. The first-order valence-corrected chi connectivity index (χ1v) is 11.7. The van der Waals surface area contributed by atoms with E-state index in [-0.39, 0.29) is 28.4 Å². The summed E-state index contributed by atoms with van der Waals surface area (Å²) in [4.78, 5) is 12.4. The predicted molar refractivity (Wildman–Crippen MR) is 123 cm³/mol. The quantitative estimate of drug-likeness (QED) is 0.394. The van der Waals surface area contributed by atoms with Gasteiger partial charge < -0.3 is 4.74 Å². The third-order valence-corrected chi connectivity index (χ3v) is 6.10. The number of anilines is 1. The van der Waals surface area contributed by atoms with Crippen molar-refractivity contribution in [3.8, 4) is 22.9 Å². The van der Waals surface area contributed by atoms with Crippen molar-refractivity contribution in [2.45, 2.75) is 24.7 Å². The summed E-state index contributed by atoms with van der Waals surface area (Å²) in [5.74, 6) is -0.644. The Kier molecular flexibility index (Phi) is 6.32. The third-order valence-electron chi connectivity index (χ3n) is 4.78. The van der Waals surface area contributed by atoms with Crippen LogP contribution in [0.2, 0.25) is 0 Å². The maximum atomic E-state index is 14.2. The Bertz CT molecular complexity index is 1380. The molecule has 0 atom stereocenters. The number of sulfonamides is 1. The molecule has 2 heterocycles. The molecule has 0 spiro atoms. The highest BCUT2D eigenvalue weighted by molar-refractivity contribution is 7.92. The van der Waals surface area contributed by atoms with E-state index < -0.39 is 15.8 Å². The Morgan fingerprint density at radius 3 is 2.45 bits per heavy atom. The minimum absolute atomic E-state index is 0.00690. The van der Waals surface area contributed by atoms with Crippen LogP contribution >= 0.6 is 0 Å². The molecule has 168 valence electrons. The molecule has 0 saturated carbocycles. The number of nitrogens with one attached hydrogen (secondary N) is 1. The molecule has 0 amide bonds. The number of halogens is 1. The van der Waals surface area contributed by atoms with Gasteiger partial charge in [0.15, 0.2) is 11.6 Å². The minimum atomic E-state index is -4.00. The van der Waals surface area contributed by atoms with Gasteiger partial charge >= 0.3 is 0 Å². The van der Waals surface area contributed by atoms with Gasteiger partial charge in [-0.25, -0.2) is 22.5 Å². The number of rotatable bonds is 7. The summed E-state index contributed by atoms with van der Waals surface area (Å²) < 4.78 is 47.8. The summed E-state index contributed by atoms with van der Waals surface area (Å²) in [5, 5.41) is 0. The second-order valence-electron chi connectivity index (χ2n) is 7.48. The first kappa shape index (κ1) is 22.3. The maximum Gasteiger partial charge on any atom is 0.265 e. The van der Waals surface area contributed by atoms with E-state index in [0.717, 1.165) is 11.1 Å². The summed E-state index contributed by atoms with van der Waals surface area (Å²) in [6, 6.07) is 18.0. The van der Waals surface area contributed by atoms with Gasteiger partial charge in [0.1, 0.15) is 4.90 Å². The van der Waals surface area contributed by atoms with Gasteiger partial charge in [0.25, 0.3) is 10.0 Å². The Hall–Kier alpha value is -3.85. The lowest BCUT2D eigenvalue weighted by Crippen LogP contribution is -2.15. The minimum Gasteiger partial charge on any atom is -0.436 e. The molecule has 33 heavy (non-hydrogen) atoms. The number of hydrogen-bond donors (Lipinski definition) is 1. The van der Waals surface area contributed by atoms with Crippen LogP contribution in [0.25, 0.3) is 11.3 Å². The molecule has 4 aromatic rings. The number of benzene rings is 2. The molecular weight excluding hydrogens is 443 g/mol. The molecule has 0 bridgehead atoms. The number of aromatic nitrogens is 3. The van der Waals surface area contributed by atoms with Crippen molar-refractivity contribution in [1.82, 2.24) is 15.0 Å². The summed E-state index contributed by atoms with van der Waals surface area (Å²) in [5.41, 5.74) is 2.23. The van der Waals surface area contributed by atoms with E-state index in [1.165, 1.54) is 36.7 Å². The molecule has 2 aromatic heterocycles. The van der Waals surface area contributed by atoms with Gasteiger partial charge in [0.2, 0.25) is 11.8 Å². The van der Waals surface area contributed by atoms with Gasteiger partial charge in [0, 0.05) is 24.0 Å². The Labute approximate surface area is 191 Å². The first-order chi connectivity index (χ1) is 15.8. The van der Waals surface area contributed by atoms with Crippen molar-refractivity contribution in [2.24, 2.45) is 0 Å². The van der Waals surface area contributed by atoms with E-state index >= 15 is 0 Å². The molecule has 7 nitrogen and oxygen atoms in total. The number of hydrogen-bond acceptors (Lipinski definition) is 6. The van der Waals surface area contributed by atoms with E-state index in [0.29, 0.717) is 5.69 Å². The number of para-hydroxylation sites is 1. The van der Waals surface area contributed by atoms with E-state index in [1.54, 1.807) is 18.2 Å². The Balaban J connectivity index is 1.81. The molecular formula is C24H21FN4O3S. The van der Waals surface area contributed by atoms with Gasteiger partial charge in [-0.15, -0.1) is 0 Å². The van der Waals surface area contributed by atoms with Crippen molar-refractivity contribution in [1.29, 1.82) is 0 Å². The third kappa shape index (κ3) is 5.15. The predicted octanol–water partition coefficient (Wildman–Crippen LogP) is 5.39. The maximum absolute atomic E-state index is 14.2. The van der Waals surface area contributed by atoms with Crippen LogP contribution in [0.15, 0.2) is 84.0 Å². The largest absolute Gasteiger partial charge is 0.436 e. The molecule has 1 N–H and O–H groups in total. The molecule has 0 aliphatic carbocycles. The summed E-state index contributed by atoms with van der Waals surface area (Å²) in [6.45, 7) is 4.09. The van der Waals surface area contributed by atoms with Gasteiger partial charge in [-0.2, -0.15) is 4.98 Å². The van der Waals surface area contributed by atoms with Gasteiger partial charge in [0.05, 0.1) is 5.69 Å². The van der Waals surface area contributed by atoms with Gasteiger partial charge in [-0.05, 0) is 35.7 Å². The highest BCUT2D eigenvalue weighted by Crippen LogP contribution is 2.32. The monoisotopic (exact) mass is 464 g/mol. The van der Waals surface area contributed by atoms with Crippen molar-refractivity contribution in [3.05, 3.63) is 90.5 Å². The Morgan fingerprint density at radius 1 is 0.970 bits per heavy atom. The summed E-state index contributed by atoms with van der Waals surface area (Å²) >= 11 is 0. The lowest BCUT2D eigenvalue weighted by molar-refractivity contribution is 0.427. The highest BCUT2D eigenvalue weighted by Gasteiger charge is 2.19. The zero-order valence-corrected chi connectivity index (χ0v) is 18.8. The highest BCUT2D eigenvalue weighted by atomic mass is 32.2. The standard InChI is InChI=1S/C24H21FN4O3S/c1-16(2)18-9-3-4-10-19(18)21-14-23(32-22-12-6-5-11-20(22)25)28-24(27-21)29-33(30,31)17-8-7-13-26-15-17/h3-16H,1-2H3,(H,27,28,29). The van der Waals surface area contributed by atoms with Crippen LogP contribution in [0.1, 0.15) is 25.3 Å². The lowest BCUT2D eigenvalue weighted by atomic mass is 9.95. The van der Waals surface area contributed by atoms with Gasteiger partial charge in [-0.3, -0.25) is 4.98 Å². The zero-order chi connectivity index (χ0) is 23.4. The normalized spacial score (nSPS) is 11.4. The first-order valence-electron chi connectivity index (χ1n) is 10.2.